The van der Waals surface area contributed by atoms with Crippen LogP contribution >= 0.6 is 12.2 Å². The monoisotopic (exact) mass is 196 g/mol. The second kappa shape index (κ2) is 6.14. The van der Waals surface area contributed by atoms with E-state index in [1.54, 1.807) is 6.92 Å². The first-order chi connectivity index (χ1) is 6.04. The molecule has 0 bridgehead atoms. The van der Waals surface area contributed by atoms with Crippen LogP contribution in [0.4, 0.5) is 0 Å². The van der Waals surface area contributed by atoms with Gasteiger partial charge in [-0.2, -0.15) is 0 Å². The highest BCUT2D eigenvalue weighted by molar-refractivity contribution is 7.80. The summed E-state index contributed by atoms with van der Waals surface area (Å²) in [5, 5.41) is 0.000000000000000222. The number of carbonyl (C=O) groups is 1. The summed E-state index contributed by atoms with van der Waals surface area (Å²) >= 11 is 4.09. The number of thiocarbonyl (C=S) groups is 1. The van der Waals surface area contributed by atoms with Crippen molar-refractivity contribution in [2.24, 2.45) is 11.5 Å². The normalized spacial score (nSPS) is 8.08. The van der Waals surface area contributed by atoms with Gasteiger partial charge in [0.15, 0.2) is 10.9 Å². The number of hydrogen-bond acceptors (Lipinski definition) is 2. The fraction of sp³-hybridized carbons (Fsp3) is 0.111. The Morgan fingerprint density at radius 3 is 1.85 bits per heavy atom. The van der Waals surface area contributed by atoms with Gasteiger partial charge >= 0.3 is 0 Å². The van der Waals surface area contributed by atoms with Crippen molar-refractivity contribution in [3.63, 3.8) is 0 Å². The molecule has 3 nitrogen and oxygen atoms in total. The van der Waals surface area contributed by atoms with Crippen molar-refractivity contribution in [1.29, 1.82) is 0 Å². The van der Waals surface area contributed by atoms with Gasteiger partial charge in [-0.25, -0.2) is 0 Å². The molecule has 0 atom stereocenters. The van der Waals surface area contributed by atoms with Gasteiger partial charge in [-0.15, -0.1) is 0 Å². The molecule has 0 aliphatic rings. The molecule has 13 heavy (non-hydrogen) atoms. The molecule has 0 heterocycles. The maximum atomic E-state index is 10.6. The third-order valence-electron chi connectivity index (χ3n) is 1.18. The molecule has 0 aromatic heterocycles. The summed E-state index contributed by atoms with van der Waals surface area (Å²) in [6.45, 7) is 1.56. The van der Waals surface area contributed by atoms with Crippen LogP contribution in [0.5, 0.6) is 0 Å². The molecule has 1 aromatic carbocycles. The molecule has 0 saturated heterocycles. The Kier molecular flexibility index (Phi) is 5.47. The molecule has 0 aliphatic carbocycles. The maximum absolute atomic E-state index is 10.6. The Morgan fingerprint density at radius 1 is 1.23 bits per heavy atom. The lowest BCUT2D eigenvalue weighted by Crippen LogP contribution is -2.18. The molecule has 1 aromatic rings. The molecule has 0 fully saturated rings. The first-order valence-corrected chi connectivity index (χ1v) is 4.05. The van der Waals surface area contributed by atoms with Crippen molar-refractivity contribution in [1.82, 2.24) is 0 Å². The lowest BCUT2D eigenvalue weighted by atomic mass is 10.2. The summed E-state index contributed by atoms with van der Waals surface area (Å²) in [6.07, 6.45) is 0. The Morgan fingerprint density at radius 2 is 1.62 bits per heavy atom. The lowest BCUT2D eigenvalue weighted by Gasteiger charge is -1.89. The van der Waals surface area contributed by atoms with Gasteiger partial charge in [0.05, 0.1) is 0 Å². The zero-order chi connectivity index (χ0) is 10.3. The fourth-order valence-electron chi connectivity index (χ4n) is 0.673. The summed E-state index contributed by atoms with van der Waals surface area (Å²) in [7, 11) is 0. The Labute approximate surface area is 82.7 Å². The van der Waals surface area contributed by atoms with Crippen LogP contribution in [0.3, 0.4) is 0 Å². The Bertz CT molecular complexity index is 281. The first-order valence-electron chi connectivity index (χ1n) is 3.65. The number of hydrogen-bond donors (Lipinski definition) is 2. The summed E-state index contributed by atoms with van der Waals surface area (Å²) < 4.78 is 0. The highest BCUT2D eigenvalue weighted by atomic mass is 32.1. The van der Waals surface area contributed by atoms with Gasteiger partial charge in [0.1, 0.15) is 0 Å². The van der Waals surface area contributed by atoms with Crippen molar-refractivity contribution in [2.75, 3.05) is 0 Å². The molecule has 0 spiro atoms. The maximum Gasteiger partial charge on any atom is 0.160 e. The van der Waals surface area contributed by atoms with E-state index in [2.05, 4.69) is 23.7 Å². The largest absolute Gasteiger partial charge is 0.377 e. The smallest absolute Gasteiger partial charge is 0.160 e. The molecule has 0 aliphatic heterocycles. The number of Topliss-reactive ketones (excluding diaryl/α,β-unsaturated/α-hetero) is 1. The van der Waals surface area contributed by atoms with Crippen molar-refractivity contribution in [2.45, 2.75) is 6.92 Å². The zero-order valence-electron chi connectivity index (χ0n) is 7.36. The molecule has 0 amide bonds. The van der Waals surface area contributed by atoms with Crippen molar-refractivity contribution in [3.05, 3.63) is 35.9 Å². The number of benzene rings is 1. The average Bonchev–Trinajstić information content (AvgIpc) is 2.05. The number of rotatable bonds is 1. The van der Waals surface area contributed by atoms with Gasteiger partial charge in [-0.05, 0) is 19.1 Å². The van der Waals surface area contributed by atoms with Gasteiger partial charge < -0.3 is 11.5 Å². The molecule has 0 unspecified atom stereocenters. The Balaban J connectivity index is 0.000000310. The van der Waals surface area contributed by atoms with E-state index in [9.17, 15) is 4.79 Å². The Hall–Kier alpha value is -1.42. The van der Waals surface area contributed by atoms with E-state index in [1.165, 1.54) is 0 Å². The van der Waals surface area contributed by atoms with Crippen LogP contribution in [-0.2, 0) is 0 Å². The van der Waals surface area contributed by atoms with Gasteiger partial charge in [-0.1, -0.05) is 30.3 Å². The van der Waals surface area contributed by atoms with Crippen molar-refractivity contribution in [3.8, 4) is 0 Å². The summed E-state index contributed by atoms with van der Waals surface area (Å²) in [6, 6.07) is 9.23. The van der Waals surface area contributed by atoms with E-state index in [1.807, 2.05) is 30.3 Å². The number of carbonyl (C=O) groups excluding carboxylic acids is 1. The van der Waals surface area contributed by atoms with Gasteiger partial charge in [-0.3, -0.25) is 4.79 Å². The van der Waals surface area contributed by atoms with Crippen molar-refractivity contribution >= 4 is 23.1 Å². The first kappa shape index (κ1) is 11.6. The van der Waals surface area contributed by atoms with E-state index in [-0.39, 0.29) is 10.9 Å². The quantitative estimate of drug-likeness (QED) is 0.521. The SMILES string of the molecule is CC(=O)c1ccccc1.NC(N)=S. The average molecular weight is 196 g/mol. The lowest BCUT2D eigenvalue weighted by molar-refractivity contribution is 0.101. The molecule has 70 valence electrons. The fourth-order valence-corrected chi connectivity index (χ4v) is 0.673. The van der Waals surface area contributed by atoms with Crippen LogP contribution in [0, 0.1) is 0 Å². The van der Waals surface area contributed by atoms with Gasteiger partial charge in [0, 0.05) is 5.56 Å². The van der Waals surface area contributed by atoms with Crippen LogP contribution in [0.25, 0.3) is 0 Å². The van der Waals surface area contributed by atoms with Crippen LogP contribution in [-0.4, -0.2) is 10.9 Å². The minimum atomic E-state index is 0.000000000000000222. The summed E-state index contributed by atoms with van der Waals surface area (Å²) in [5.41, 5.74) is 10.0. The third kappa shape index (κ3) is 6.96. The molecule has 0 saturated carbocycles. The van der Waals surface area contributed by atoms with E-state index in [0.29, 0.717) is 0 Å². The van der Waals surface area contributed by atoms with E-state index in [4.69, 9.17) is 0 Å². The van der Waals surface area contributed by atoms with Gasteiger partial charge in [0.25, 0.3) is 0 Å². The predicted octanol–water partition coefficient (Wildman–Crippen LogP) is 1.08. The van der Waals surface area contributed by atoms with Crippen molar-refractivity contribution < 1.29 is 4.79 Å². The van der Waals surface area contributed by atoms with Crippen LogP contribution < -0.4 is 11.5 Å². The van der Waals surface area contributed by atoms with Crippen LogP contribution in [0.2, 0.25) is 0 Å². The molecule has 0 radical (unpaired) electrons. The standard InChI is InChI=1S/C8H8O.CH4N2S/c1-7(9)8-5-3-2-4-6-8;2-1(3)4/h2-6H,1H3;(H4,2,3,4). The second-order valence-electron chi connectivity index (χ2n) is 2.32. The summed E-state index contributed by atoms with van der Waals surface area (Å²) in [4.78, 5) is 10.6. The highest BCUT2D eigenvalue weighted by Crippen LogP contribution is 1.97. The molecule has 4 heteroatoms. The number of nitrogens with two attached hydrogens (primary N) is 2. The van der Waals surface area contributed by atoms with Crippen LogP contribution in [0.15, 0.2) is 30.3 Å². The zero-order valence-corrected chi connectivity index (χ0v) is 8.17. The molecule has 1 rings (SSSR count). The molecule has 4 N–H and O–H groups in total. The predicted molar refractivity (Wildman–Crippen MR) is 57.4 cm³/mol. The van der Waals surface area contributed by atoms with E-state index >= 15 is 0 Å². The topological polar surface area (TPSA) is 69.1 Å². The second-order valence-corrected chi connectivity index (χ2v) is 2.80. The van der Waals surface area contributed by atoms with E-state index in [0.717, 1.165) is 5.56 Å². The molecular formula is C9H12N2OS. The molecular weight excluding hydrogens is 184 g/mol. The van der Waals surface area contributed by atoms with E-state index < -0.39 is 0 Å². The van der Waals surface area contributed by atoms with Gasteiger partial charge in [0.2, 0.25) is 0 Å². The minimum absolute atomic E-state index is 0.000000000000000222. The third-order valence-corrected chi connectivity index (χ3v) is 1.18. The summed E-state index contributed by atoms with van der Waals surface area (Å²) in [5.74, 6) is 0.121. The minimum Gasteiger partial charge on any atom is -0.377 e. The van der Waals surface area contributed by atoms with Crippen LogP contribution in [0.1, 0.15) is 17.3 Å². The number of ketones is 1. The highest BCUT2D eigenvalue weighted by Gasteiger charge is 1.92.